The van der Waals surface area contributed by atoms with Crippen LogP contribution in [0.1, 0.15) is 11.1 Å². The van der Waals surface area contributed by atoms with Crippen molar-refractivity contribution in [2.24, 2.45) is 5.73 Å². The second kappa shape index (κ2) is 7.18. The number of nitrogens with two attached hydrogens (primary N) is 1. The number of hydrogen-bond acceptors (Lipinski definition) is 4. The van der Waals surface area contributed by atoms with Crippen molar-refractivity contribution in [3.8, 4) is 17.2 Å². The molecule has 2 N–H and O–H groups in total. The van der Waals surface area contributed by atoms with Crippen molar-refractivity contribution in [1.29, 1.82) is 0 Å². The van der Waals surface area contributed by atoms with Gasteiger partial charge in [0, 0.05) is 6.54 Å². The molecule has 2 aromatic rings. The van der Waals surface area contributed by atoms with Gasteiger partial charge in [0.2, 0.25) is 0 Å². The van der Waals surface area contributed by atoms with Crippen LogP contribution in [0.15, 0.2) is 42.5 Å². The molecular weight excluding hydrogens is 278 g/mol. The highest BCUT2D eigenvalue weighted by Crippen LogP contribution is 2.31. The first-order valence-electron chi connectivity index (χ1n) is 7.66. The number of para-hydroxylation sites is 1. The summed E-state index contributed by atoms with van der Waals surface area (Å²) in [5.74, 6) is 2.60. The molecule has 3 rings (SSSR count). The Morgan fingerprint density at radius 2 is 1.77 bits per heavy atom. The Labute approximate surface area is 130 Å². The minimum Gasteiger partial charge on any atom is -0.492 e. The smallest absolute Gasteiger partial charge is 0.161 e. The third kappa shape index (κ3) is 3.52. The van der Waals surface area contributed by atoms with Gasteiger partial charge in [-0.1, -0.05) is 24.3 Å². The van der Waals surface area contributed by atoms with Gasteiger partial charge in [0.15, 0.2) is 11.5 Å². The molecule has 4 heteroatoms. The van der Waals surface area contributed by atoms with Crippen LogP contribution in [0, 0.1) is 0 Å². The van der Waals surface area contributed by atoms with E-state index in [0.29, 0.717) is 26.4 Å². The molecule has 0 amide bonds. The number of benzene rings is 2. The summed E-state index contributed by atoms with van der Waals surface area (Å²) in [6.07, 6.45) is 1.85. The van der Waals surface area contributed by atoms with Crippen LogP contribution in [-0.2, 0) is 12.8 Å². The van der Waals surface area contributed by atoms with Gasteiger partial charge < -0.3 is 19.9 Å². The van der Waals surface area contributed by atoms with Gasteiger partial charge in [0.05, 0.1) is 0 Å². The van der Waals surface area contributed by atoms with Crippen LogP contribution in [-0.4, -0.2) is 26.4 Å². The Balaban J connectivity index is 1.67. The van der Waals surface area contributed by atoms with Crippen LogP contribution in [0.3, 0.4) is 0 Å². The number of hydrogen-bond donors (Lipinski definition) is 1. The van der Waals surface area contributed by atoms with Gasteiger partial charge in [-0.2, -0.15) is 0 Å². The van der Waals surface area contributed by atoms with Gasteiger partial charge in [-0.25, -0.2) is 0 Å². The first-order valence-corrected chi connectivity index (χ1v) is 7.66. The van der Waals surface area contributed by atoms with E-state index in [1.807, 2.05) is 24.3 Å². The number of aryl methyl sites for hydroxylation is 2. The Morgan fingerprint density at radius 1 is 0.955 bits per heavy atom. The monoisotopic (exact) mass is 299 g/mol. The van der Waals surface area contributed by atoms with Crippen molar-refractivity contribution in [3.63, 3.8) is 0 Å². The molecule has 0 bridgehead atoms. The summed E-state index contributed by atoms with van der Waals surface area (Å²) in [4.78, 5) is 0. The average molecular weight is 299 g/mol. The number of fused-ring (bicyclic) bond motifs is 1. The number of ether oxygens (including phenoxy) is 3. The lowest BCUT2D eigenvalue weighted by Gasteiger charge is -2.19. The average Bonchev–Trinajstić information content (AvgIpc) is 2.58. The fourth-order valence-electron chi connectivity index (χ4n) is 2.54. The summed E-state index contributed by atoms with van der Waals surface area (Å²) >= 11 is 0. The lowest BCUT2D eigenvalue weighted by Crippen LogP contribution is -2.15. The van der Waals surface area contributed by atoms with E-state index in [-0.39, 0.29) is 0 Å². The van der Waals surface area contributed by atoms with Crippen molar-refractivity contribution in [2.45, 2.75) is 12.8 Å². The minimum absolute atomic E-state index is 0.524. The maximum Gasteiger partial charge on any atom is 0.161 e. The molecule has 2 aromatic carbocycles. The molecule has 0 aliphatic carbocycles. The molecule has 0 saturated carbocycles. The maximum atomic E-state index is 5.70. The molecule has 0 spiro atoms. The highest BCUT2D eigenvalue weighted by atomic mass is 16.6. The summed E-state index contributed by atoms with van der Waals surface area (Å²) in [6, 6.07) is 14.3. The summed E-state index contributed by atoms with van der Waals surface area (Å²) in [5.41, 5.74) is 7.94. The van der Waals surface area contributed by atoms with E-state index in [1.165, 1.54) is 11.1 Å². The van der Waals surface area contributed by atoms with E-state index in [2.05, 4.69) is 18.2 Å². The second-order valence-corrected chi connectivity index (χ2v) is 5.22. The summed E-state index contributed by atoms with van der Waals surface area (Å²) in [7, 11) is 0. The topological polar surface area (TPSA) is 53.7 Å². The van der Waals surface area contributed by atoms with Crippen molar-refractivity contribution < 1.29 is 14.2 Å². The molecule has 0 fully saturated rings. The molecule has 0 saturated heterocycles. The minimum atomic E-state index is 0.524. The van der Waals surface area contributed by atoms with Crippen LogP contribution >= 0.6 is 0 Å². The third-order valence-corrected chi connectivity index (χ3v) is 3.64. The van der Waals surface area contributed by atoms with Crippen LogP contribution in [0.4, 0.5) is 0 Å². The predicted octanol–water partition coefficient (Wildman–Crippen LogP) is 2.58. The van der Waals surface area contributed by atoms with E-state index in [0.717, 1.165) is 30.1 Å². The van der Waals surface area contributed by atoms with Gasteiger partial charge in [-0.3, -0.25) is 0 Å². The van der Waals surface area contributed by atoms with E-state index < -0.39 is 0 Å². The third-order valence-electron chi connectivity index (χ3n) is 3.64. The molecule has 0 atom stereocenters. The quantitative estimate of drug-likeness (QED) is 0.891. The van der Waals surface area contributed by atoms with E-state index in [9.17, 15) is 0 Å². The van der Waals surface area contributed by atoms with Crippen LogP contribution in [0.5, 0.6) is 17.2 Å². The van der Waals surface area contributed by atoms with Crippen molar-refractivity contribution in [2.75, 3.05) is 26.4 Å². The van der Waals surface area contributed by atoms with Crippen LogP contribution < -0.4 is 19.9 Å². The van der Waals surface area contributed by atoms with E-state index in [4.69, 9.17) is 19.9 Å². The molecule has 22 heavy (non-hydrogen) atoms. The zero-order valence-electron chi connectivity index (χ0n) is 12.6. The van der Waals surface area contributed by atoms with Crippen molar-refractivity contribution in [1.82, 2.24) is 0 Å². The van der Waals surface area contributed by atoms with Crippen molar-refractivity contribution >= 4 is 0 Å². The Bertz CT molecular complexity index is 627. The lowest BCUT2D eigenvalue weighted by molar-refractivity contribution is 0.171. The lowest BCUT2D eigenvalue weighted by atomic mass is 10.0. The van der Waals surface area contributed by atoms with Gasteiger partial charge in [-0.05, 0) is 42.2 Å². The SMILES string of the molecule is NCCOc1ccccc1CCc1ccc2c(c1)OCCO2. The highest BCUT2D eigenvalue weighted by molar-refractivity contribution is 5.44. The molecule has 116 valence electrons. The first-order chi connectivity index (χ1) is 10.9. The fraction of sp³-hybridized carbons (Fsp3) is 0.333. The first kappa shape index (κ1) is 14.7. The van der Waals surface area contributed by atoms with Crippen LogP contribution in [0.25, 0.3) is 0 Å². The Kier molecular flexibility index (Phi) is 4.81. The number of rotatable bonds is 6. The summed E-state index contributed by atoms with van der Waals surface area (Å²) < 4.78 is 16.9. The van der Waals surface area contributed by atoms with E-state index >= 15 is 0 Å². The van der Waals surface area contributed by atoms with Gasteiger partial charge in [-0.15, -0.1) is 0 Å². The molecule has 4 nitrogen and oxygen atoms in total. The molecule has 1 aliphatic heterocycles. The Morgan fingerprint density at radius 3 is 2.64 bits per heavy atom. The zero-order chi connectivity index (χ0) is 15.2. The Hall–Kier alpha value is -2.20. The molecular formula is C18H21NO3. The van der Waals surface area contributed by atoms with Gasteiger partial charge in [0.25, 0.3) is 0 Å². The maximum absolute atomic E-state index is 5.70. The molecule has 1 aliphatic rings. The predicted molar refractivity (Wildman–Crippen MR) is 85.8 cm³/mol. The molecule has 0 radical (unpaired) electrons. The largest absolute Gasteiger partial charge is 0.492 e. The zero-order valence-corrected chi connectivity index (χ0v) is 12.6. The second-order valence-electron chi connectivity index (χ2n) is 5.22. The molecule has 0 unspecified atom stereocenters. The van der Waals surface area contributed by atoms with Gasteiger partial charge in [0.1, 0.15) is 25.6 Å². The normalized spacial score (nSPS) is 13.0. The highest BCUT2D eigenvalue weighted by Gasteiger charge is 2.12. The van der Waals surface area contributed by atoms with Gasteiger partial charge >= 0.3 is 0 Å². The van der Waals surface area contributed by atoms with Crippen LogP contribution in [0.2, 0.25) is 0 Å². The van der Waals surface area contributed by atoms with Crippen molar-refractivity contribution in [3.05, 3.63) is 53.6 Å². The molecule has 1 heterocycles. The summed E-state index contributed by atoms with van der Waals surface area (Å²) in [5, 5.41) is 0. The molecule has 0 aromatic heterocycles. The standard InChI is InChI=1S/C18H21NO3/c19-9-10-20-16-4-2-1-3-15(16)7-5-14-6-8-17-18(13-14)22-12-11-21-17/h1-4,6,8,13H,5,7,9-12,19H2. The fourth-order valence-corrected chi connectivity index (χ4v) is 2.54. The van der Waals surface area contributed by atoms with E-state index in [1.54, 1.807) is 0 Å². The summed E-state index contributed by atoms with van der Waals surface area (Å²) in [6.45, 7) is 2.31.